The minimum Gasteiger partial charge on any atom is -0.321 e. The third-order valence-electron chi connectivity index (χ3n) is 4.68. The lowest BCUT2D eigenvalue weighted by atomic mass is 10.1. The summed E-state index contributed by atoms with van der Waals surface area (Å²) >= 11 is 0. The SMILES string of the molecule is Cc1ccnc2c1NC(=O)CN2C(=O)c1ccn(C2CCCNC2)n1.Cl. The number of halogens is 1. The molecule has 2 aromatic rings. The second kappa shape index (κ2) is 7.43. The minimum atomic E-state index is -0.309. The highest BCUT2D eigenvalue weighted by atomic mass is 35.5. The van der Waals surface area contributed by atoms with E-state index in [9.17, 15) is 9.59 Å². The standard InChI is InChI=1S/C17H20N6O2.ClH/c1-11-4-7-19-16-15(11)20-14(24)10-22(16)17(25)13-5-8-23(21-13)12-3-2-6-18-9-12;/h4-5,7-8,12,18H,2-3,6,9-10H2,1H3,(H,20,24);1H. The van der Waals surface area contributed by atoms with Gasteiger partial charge < -0.3 is 10.6 Å². The molecule has 2 aliphatic rings. The van der Waals surface area contributed by atoms with Crippen LogP contribution in [-0.2, 0) is 4.79 Å². The molecule has 2 aliphatic heterocycles. The van der Waals surface area contributed by atoms with Gasteiger partial charge in [0.2, 0.25) is 5.91 Å². The zero-order chi connectivity index (χ0) is 17.4. The number of pyridine rings is 1. The van der Waals surface area contributed by atoms with E-state index in [2.05, 4.69) is 20.7 Å². The molecule has 0 spiro atoms. The molecular formula is C17H21ClN6O2. The van der Waals surface area contributed by atoms with Gasteiger partial charge in [-0.2, -0.15) is 5.10 Å². The van der Waals surface area contributed by atoms with Crippen LogP contribution in [0.15, 0.2) is 24.5 Å². The van der Waals surface area contributed by atoms with Crippen molar-refractivity contribution in [3.8, 4) is 0 Å². The van der Waals surface area contributed by atoms with Crippen LogP contribution in [0, 0.1) is 6.92 Å². The second-order valence-corrected chi connectivity index (χ2v) is 6.45. The smallest absolute Gasteiger partial charge is 0.280 e. The molecular weight excluding hydrogens is 356 g/mol. The first kappa shape index (κ1) is 18.3. The highest BCUT2D eigenvalue weighted by Gasteiger charge is 2.31. The van der Waals surface area contributed by atoms with Crippen molar-refractivity contribution in [2.45, 2.75) is 25.8 Å². The van der Waals surface area contributed by atoms with Crippen LogP contribution in [0.2, 0.25) is 0 Å². The highest BCUT2D eigenvalue weighted by molar-refractivity contribution is 6.14. The van der Waals surface area contributed by atoms with Crippen molar-refractivity contribution in [2.75, 3.05) is 29.9 Å². The molecule has 8 nitrogen and oxygen atoms in total. The lowest BCUT2D eigenvalue weighted by molar-refractivity contribution is -0.115. The number of aromatic nitrogens is 3. The fourth-order valence-electron chi connectivity index (χ4n) is 3.32. The van der Waals surface area contributed by atoms with E-state index < -0.39 is 0 Å². The molecule has 26 heavy (non-hydrogen) atoms. The first-order valence-corrected chi connectivity index (χ1v) is 8.46. The number of amides is 2. The molecule has 138 valence electrons. The first-order valence-electron chi connectivity index (χ1n) is 8.46. The quantitative estimate of drug-likeness (QED) is 0.829. The lowest BCUT2D eigenvalue weighted by Crippen LogP contribution is -2.43. The summed E-state index contributed by atoms with van der Waals surface area (Å²) in [5.41, 5.74) is 1.78. The molecule has 0 radical (unpaired) electrons. The van der Waals surface area contributed by atoms with E-state index in [1.165, 1.54) is 4.90 Å². The van der Waals surface area contributed by atoms with Crippen molar-refractivity contribution >= 4 is 35.7 Å². The van der Waals surface area contributed by atoms with Crippen molar-refractivity contribution in [1.82, 2.24) is 20.1 Å². The van der Waals surface area contributed by atoms with E-state index in [4.69, 9.17) is 0 Å². The summed E-state index contributed by atoms with van der Waals surface area (Å²) < 4.78 is 1.84. The van der Waals surface area contributed by atoms with Crippen molar-refractivity contribution in [1.29, 1.82) is 0 Å². The molecule has 2 aromatic heterocycles. The maximum Gasteiger partial charge on any atom is 0.280 e. The van der Waals surface area contributed by atoms with Crippen LogP contribution >= 0.6 is 12.4 Å². The summed E-state index contributed by atoms with van der Waals surface area (Å²) in [6, 6.07) is 3.77. The number of rotatable bonds is 2. The van der Waals surface area contributed by atoms with Gasteiger partial charge in [0.05, 0.1) is 11.7 Å². The van der Waals surface area contributed by atoms with Crippen LogP contribution in [0.3, 0.4) is 0 Å². The van der Waals surface area contributed by atoms with Gasteiger partial charge in [-0.15, -0.1) is 12.4 Å². The molecule has 1 saturated heterocycles. The summed E-state index contributed by atoms with van der Waals surface area (Å²) in [5, 5.41) is 10.6. The average Bonchev–Trinajstić information content (AvgIpc) is 3.12. The van der Waals surface area contributed by atoms with Gasteiger partial charge >= 0.3 is 0 Å². The minimum absolute atomic E-state index is 0. The largest absolute Gasteiger partial charge is 0.321 e. The zero-order valence-corrected chi connectivity index (χ0v) is 15.3. The van der Waals surface area contributed by atoms with E-state index >= 15 is 0 Å². The number of nitrogens with zero attached hydrogens (tertiary/aromatic N) is 4. The predicted molar refractivity (Wildman–Crippen MR) is 99.9 cm³/mol. The van der Waals surface area contributed by atoms with Crippen molar-refractivity contribution in [3.05, 3.63) is 35.8 Å². The molecule has 2 amide bonds. The second-order valence-electron chi connectivity index (χ2n) is 6.45. The number of piperidine rings is 1. The van der Waals surface area contributed by atoms with Crippen LogP contribution in [0.5, 0.6) is 0 Å². The molecule has 4 heterocycles. The maximum atomic E-state index is 12.9. The molecule has 1 unspecified atom stereocenters. The Morgan fingerprint density at radius 3 is 2.96 bits per heavy atom. The van der Waals surface area contributed by atoms with Gasteiger partial charge in [-0.3, -0.25) is 19.2 Å². The Morgan fingerprint density at radius 2 is 2.19 bits per heavy atom. The molecule has 1 fully saturated rings. The van der Waals surface area contributed by atoms with Gasteiger partial charge in [0.1, 0.15) is 6.54 Å². The summed E-state index contributed by atoms with van der Waals surface area (Å²) in [5.74, 6) is -0.0666. The van der Waals surface area contributed by atoms with Gasteiger partial charge in [0, 0.05) is 18.9 Å². The van der Waals surface area contributed by atoms with Crippen molar-refractivity contribution in [2.24, 2.45) is 0 Å². The van der Waals surface area contributed by atoms with Gasteiger partial charge in [-0.05, 0) is 44.0 Å². The molecule has 4 rings (SSSR count). The van der Waals surface area contributed by atoms with Gasteiger partial charge in [-0.1, -0.05) is 0 Å². The topological polar surface area (TPSA) is 92.2 Å². The first-order chi connectivity index (χ1) is 12.1. The lowest BCUT2D eigenvalue weighted by Gasteiger charge is -2.28. The van der Waals surface area contributed by atoms with Crippen molar-refractivity contribution in [3.63, 3.8) is 0 Å². The van der Waals surface area contributed by atoms with Crippen LogP contribution in [-0.4, -0.2) is 46.2 Å². The maximum absolute atomic E-state index is 12.9. The summed E-state index contributed by atoms with van der Waals surface area (Å²) in [4.78, 5) is 30.6. The third kappa shape index (κ3) is 3.30. The fraction of sp³-hybridized carbons (Fsp3) is 0.412. The molecule has 0 aromatic carbocycles. The number of anilines is 2. The summed E-state index contributed by atoms with van der Waals surface area (Å²) in [7, 11) is 0. The number of carbonyl (C=O) groups is 2. The number of aryl methyl sites for hydroxylation is 1. The number of hydrogen-bond donors (Lipinski definition) is 2. The molecule has 2 N–H and O–H groups in total. The Kier molecular flexibility index (Phi) is 5.24. The molecule has 0 aliphatic carbocycles. The predicted octanol–water partition coefficient (Wildman–Crippen LogP) is 1.53. The van der Waals surface area contributed by atoms with E-state index in [0.29, 0.717) is 17.2 Å². The highest BCUT2D eigenvalue weighted by Crippen LogP contribution is 2.30. The average molecular weight is 377 g/mol. The van der Waals surface area contributed by atoms with Crippen LogP contribution in [0.4, 0.5) is 11.5 Å². The summed E-state index contributed by atoms with van der Waals surface area (Å²) in [6.45, 7) is 3.69. The van der Waals surface area contributed by atoms with Crippen molar-refractivity contribution < 1.29 is 9.59 Å². The molecule has 9 heteroatoms. The Morgan fingerprint density at radius 1 is 1.35 bits per heavy atom. The van der Waals surface area contributed by atoms with E-state index in [1.807, 2.05) is 17.8 Å². The third-order valence-corrected chi connectivity index (χ3v) is 4.68. The molecule has 0 bridgehead atoms. The zero-order valence-electron chi connectivity index (χ0n) is 14.4. The van der Waals surface area contributed by atoms with Crippen LogP contribution in [0.1, 0.15) is 34.9 Å². The number of hydrogen-bond acceptors (Lipinski definition) is 5. The molecule has 0 saturated carbocycles. The number of nitrogens with one attached hydrogen (secondary N) is 2. The Bertz CT molecular complexity index is 830. The normalized spacial score (nSPS) is 19.3. The number of carbonyl (C=O) groups excluding carboxylic acids is 2. The van der Waals surface area contributed by atoms with Gasteiger partial charge in [-0.25, -0.2) is 4.98 Å². The molecule has 1 atom stereocenters. The monoisotopic (exact) mass is 376 g/mol. The Labute approximate surface area is 157 Å². The van der Waals surface area contributed by atoms with Gasteiger partial charge in [0.15, 0.2) is 11.5 Å². The van der Waals surface area contributed by atoms with E-state index in [1.54, 1.807) is 18.3 Å². The van der Waals surface area contributed by atoms with Crippen LogP contribution in [0.25, 0.3) is 0 Å². The fourth-order valence-corrected chi connectivity index (χ4v) is 3.32. The van der Waals surface area contributed by atoms with E-state index in [0.717, 1.165) is 31.5 Å². The summed E-state index contributed by atoms with van der Waals surface area (Å²) in [6.07, 6.45) is 5.60. The Hall–Kier alpha value is -2.45. The number of fused-ring (bicyclic) bond motifs is 1. The van der Waals surface area contributed by atoms with Gasteiger partial charge in [0.25, 0.3) is 5.91 Å². The van der Waals surface area contributed by atoms with E-state index in [-0.39, 0.29) is 36.8 Å². The Balaban J connectivity index is 0.00000196. The van der Waals surface area contributed by atoms with Crippen LogP contribution < -0.4 is 15.5 Å².